The van der Waals surface area contributed by atoms with Crippen molar-refractivity contribution < 1.29 is 63.3 Å². The Morgan fingerprint density at radius 3 is 1.24 bits per heavy atom. The Labute approximate surface area is 599 Å². The summed E-state index contributed by atoms with van der Waals surface area (Å²) in [6, 6.07) is 50.3. The molecular formula is C80H110N12O9+3. The van der Waals surface area contributed by atoms with Gasteiger partial charge in [-0.15, -0.1) is 22.5 Å². The molecule has 1 aromatic heterocycles. The quantitative estimate of drug-likeness (QED) is 0.0185. The first-order valence-corrected chi connectivity index (χ1v) is 36.2. The number of unbranched alkanes of at least 4 members (excludes halogenated alkanes) is 6. The van der Waals surface area contributed by atoms with E-state index in [1.165, 1.54) is 33.4 Å². The monoisotopic (exact) mass is 1380 g/mol. The van der Waals surface area contributed by atoms with Gasteiger partial charge in [0, 0.05) is 78.3 Å². The molecule has 21 nitrogen and oxygen atoms in total. The number of aryl methyl sites for hydroxylation is 1. The fourth-order valence-corrected chi connectivity index (χ4v) is 11.2. The molecule has 0 bridgehead atoms. The van der Waals surface area contributed by atoms with Crippen LogP contribution < -0.4 is 54.6 Å². The molecule has 0 atom stereocenters. The second kappa shape index (κ2) is 44.4. The molecule has 3 heterocycles. The second-order valence-electron chi connectivity index (χ2n) is 25.4. The third-order valence-corrected chi connectivity index (χ3v) is 17.2. The van der Waals surface area contributed by atoms with Gasteiger partial charge in [-0.05, 0) is 210 Å². The maximum absolute atomic E-state index is 6.10. The van der Waals surface area contributed by atoms with Crippen LogP contribution in [-0.2, 0) is 73.7 Å². The van der Waals surface area contributed by atoms with Gasteiger partial charge in [0.1, 0.15) is 114 Å². The van der Waals surface area contributed by atoms with Crippen LogP contribution in [0.1, 0.15) is 103 Å². The number of benzene rings is 6. The number of hydrogen-bond acceptors (Lipinski definition) is 14. The topological polar surface area (TPSA) is 196 Å². The summed E-state index contributed by atoms with van der Waals surface area (Å²) < 4.78 is 57.5. The Hall–Kier alpha value is -8.90. The molecular weight excluding hydrogens is 1270 g/mol. The van der Waals surface area contributed by atoms with Gasteiger partial charge < -0.3 is 74.1 Å². The SMILES string of the molecule is C=CCCOCC1=CN(CCOc2ccc(C[NH2+]Cc3ccc(OCCCCCCOCC4=CN(CCOc5ccc(C[NH2+]Cc6ccc(OCCCCCCOCc7c[n+](CCOc8ccc(C[NH2+]Cc9ccc(OCCC=C)cc9)cc8)nn7C)cc6)cc5)[N]N4C)cc3)cc2)[N-]N1C. The van der Waals surface area contributed by atoms with Crippen LogP contribution in [0.2, 0.25) is 0 Å². The number of hydrogen-bond donors (Lipinski definition) is 3. The lowest BCUT2D eigenvalue weighted by atomic mass is 10.2. The van der Waals surface area contributed by atoms with Crippen molar-refractivity contribution >= 4 is 0 Å². The molecule has 101 heavy (non-hydrogen) atoms. The maximum atomic E-state index is 6.10. The zero-order chi connectivity index (χ0) is 70.2. The summed E-state index contributed by atoms with van der Waals surface area (Å²) in [5.74, 6) is 5.29. The summed E-state index contributed by atoms with van der Waals surface area (Å²) in [6.07, 6.45) is 20.0. The van der Waals surface area contributed by atoms with E-state index in [0.717, 1.165) is 162 Å². The van der Waals surface area contributed by atoms with Crippen LogP contribution in [0.15, 0.2) is 201 Å². The standard InChI is InChI=1S/C80H107N12O9/c1-6-8-45-93-63-72-60-90(84-87(72)3)42-51-99-78-36-26-70(27-37-78)58-82-55-67-20-32-76(33-21-67)97-49-16-12-11-15-47-95-65-74-62-92(86-89(74)5)44-53-101-80-40-28-71(29-41-80)59-83-56-68-22-34-77(35-23-68)98-50-17-13-10-14-46-94-64-73-61-91(85-88(73)4)43-52-100-79-38-24-69(25-39-79)57-81-54-66-18-30-75(31-19-66)96-48-9-7-2/h6-7,18-41,60-62,81-83H,1-2,8-17,42-59,63-65H2,3-5H3/p+3. The van der Waals surface area contributed by atoms with Gasteiger partial charge in [0.2, 0.25) is 0 Å². The molecule has 7 aromatic rings. The Balaban J connectivity index is 0.517. The highest BCUT2D eigenvalue weighted by molar-refractivity contribution is 5.31. The number of rotatable bonds is 53. The molecule has 1 radical (unpaired) electrons. The van der Waals surface area contributed by atoms with E-state index in [2.05, 4.69) is 142 Å². The fourth-order valence-electron chi connectivity index (χ4n) is 11.2. The van der Waals surface area contributed by atoms with E-state index in [1.807, 2.05) is 130 Å². The summed E-state index contributed by atoms with van der Waals surface area (Å²) >= 11 is 0. The van der Waals surface area contributed by atoms with Crippen LogP contribution >= 0.6 is 0 Å². The van der Waals surface area contributed by atoms with E-state index < -0.39 is 0 Å². The molecule has 6 aromatic carbocycles. The van der Waals surface area contributed by atoms with Crippen LogP contribution in [0.25, 0.3) is 5.53 Å². The van der Waals surface area contributed by atoms with Gasteiger partial charge in [-0.2, -0.15) is 0 Å². The zero-order valence-corrected chi connectivity index (χ0v) is 60.0. The highest BCUT2D eigenvalue weighted by atomic mass is 16.5. The summed E-state index contributed by atoms with van der Waals surface area (Å²) in [5, 5.41) is 19.1. The van der Waals surface area contributed by atoms with Crippen molar-refractivity contribution in [2.75, 3.05) is 99.9 Å². The van der Waals surface area contributed by atoms with Crippen molar-refractivity contribution in [2.45, 2.75) is 117 Å². The molecule has 21 heteroatoms. The van der Waals surface area contributed by atoms with Gasteiger partial charge in [0.05, 0.1) is 57.1 Å². The van der Waals surface area contributed by atoms with Gasteiger partial charge in [-0.1, -0.05) is 25.0 Å². The minimum Gasteiger partial charge on any atom is -0.494 e. The summed E-state index contributed by atoms with van der Waals surface area (Å²) in [5.41, 5.74) is 19.8. The minimum atomic E-state index is 0.522. The van der Waals surface area contributed by atoms with Gasteiger partial charge >= 0.3 is 0 Å². The number of likely N-dealkylation sites (N-methyl/N-ethyl adjacent to an activating group) is 2. The molecule has 541 valence electrons. The molecule has 0 aliphatic carbocycles. The van der Waals surface area contributed by atoms with Gasteiger partial charge in [-0.3, -0.25) is 10.0 Å². The van der Waals surface area contributed by atoms with E-state index in [0.29, 0.717) is 92.3 Å². The predicted molar refractivity (Wildman–Crippen MR) is 391 cm³/mol. The average molecular weight is 1380 g/mol. The average Bonchev–Trinajstić information content (AvgIpc) is 1.82. The largest absolute Gasteiger partial charge is 0.494 e. The van der Waals surface area contributed by atoms with Crippen molar-refractivity contribution in [1.29, 1.82) is 0 Å². The Kier molecular flexibility index (Phi) is 33.5. The van der Waals surface area contributed by atoms with E-state index in [4.69, 9.17) is 42.6 Å². The molecule has 0 spiro atoms. The van der Waals surface area contributed by atoms with Crippen molar-refractivity contribution in [3.05, 3.63) is 246 Å². The van der Waals surface area contributed by atoms with Crippen molar-refractivity contribution in [1.82, 2.24) is 35.5 Å². The summed E-state index contributed by atoms with van der Waals surface area (Å²) in [7, 11) is 5.85. The molecule has 2 aliphatic rings. The molecule has 0 saturated heterocycles. The number of ether oxygens (including phenoxy) is 9. The Morgan fingerprint density at radius 2 is 0.782 bits per heavy atom. The fraction of sp³-hybridized carbons (Fsp3) is 0.425. The molecule has 0 saturated carbocycles. The highest BCUT2D eigenvalue weighted by Crippen LogP contribution is 2.23. The summed E-state index contributed by atoms with van der Waals surface area (Å²) in [4.78, 5) is 0. The maximum Gasteiger partial charge on any atom is 0.192 e. The molecule has 0 amide bonds. The predicted octanol–water partition coefficient (Wildman–Crippen LogP) is 9.51. The number of nitrogens with two attached hydrogens (primary N) is 3. The Morgan fingerprint density at radius 1 is 0.406 bits per heavy atom. The van der Waals surface area contributed by atoms with Gasteiger partial charge in [0.15, 0.2) is 11.9 Å². The minimum absolute atomic E-state index is 0.522. The highest BCUT2D eigenvalue weighted by Gasteiger charge is 2.20. The first-order valence-electron chi connectivity index (χ1n) is 36.2. The number of aromatic nitrogens is 3. The van der Waals surface area contributed by atoms with E-state index in [9.17, 15) is 0 Å². The van der Waals surface area contributed by atoms with Crippen LogP contribution in [0.4, 0.5) is 0 Å². The first kappa shape index (κ1) is 76.3. The molecule has 6 N–H and O–H groups in total. The van der Waals surface area contributed by atoms with Crippen LogP contribution in [0, 0.1) is 0 Å². The summed E-state index contributed by atoms with van der Waals surface area (Å²) in [6.45, 7) is 22.1. The lowest BCUT2D eigenvalue weighted by Gasteiger charge is -2.36. The Bertz CT molecular complexity index is 3500. The van der Waals surface area contributed by atoms with Crippen LogP contribution in [0.5, 0.6) is 34.5 Å². The lowest BCUT2D eigenvalue weighted by molar-refractivity contribution is -0.755. The zero-order valence-electron chi connectivity index (χ0n) is 60.0. The second-order valence-corrected chi connectivity index (χ2v) is 25.4. The van der Waals surface area contributed by atoms with Crippen molar-refractivity contribution in [3.8, 4) is 34.5 Å². The van der Waals surface area contributed by atoms with E-state index >= 15 is 0 Å². The molecule has 0 unspecified atom stereocenters. The van der Waals surface area contributed by atoms with E-state index in [1.54, 1.807) is 0 Å². The van der Waals surface area contributed by atoms with Gasteiger partial charge in [0.25, 0.3) is 0 Å². The normalized spacial score (nSPS) is 12.8. The lowest BCUT2D eigenvalue weighted by Crippen LogP contribution is -2.80. The van der Waals surface area contributed by atoms with E-state index in [-0.39, 0.29) is 0 Å². The molecule has 2 aliphatic heterocycles. The third kappa shape index (κ3) is 28.9. The van der Waals surface area contributed by atoms with Crippen LogP contribution in [-0.4, -0.2) is 130 Å². The third-order valence-electron chi connectivity index (χ3n) is 17.2. The van der Waals surface area contributed by atoms with Crippen LogP contribution in [0.3, 0.4) is 0 Å². The van der Waals surface area contributed by atoms with Crippen molar-refractivity contribution in [2.24, 2.45) is 7.05 Å². The van der Waals surface area contributed by atoms with Gasteiger partial charge in [-0.25, -0.2) is 0 Å². The van der Waals surface area contributed by atoms with Crippen molar-refractivity contribution in [3.63, 3.8) is 0 Å². The molecule has 0 fully saturated rings. The first-order chi connectivity index (χ1) is 49.7. The smallest absolute Gasteiger partial charge is 0.192 e. The molecule has 9 rings (SSSR count). The number of quaternary nitrogens is 3. The number of nitrogens with zero attached hydrogens (tertiary/aromatic N) is 9.